The quantitative estimate of drug-likeness (QED) is 0.656. The van der Waals surface area contributed by atoms with Gasteiger partial charge in [0.1, 0.15) is 0 Å². The summed E-state index contributed by atoms with van der Waals surface area (Å²) in [5, 5.41) is 13.7. The van der Waals surface area contributed by atoms with Gasteiger partial charge in [0, 0.05) is 43.7 Å². The summed E-state index contributed by atoms with van der Waals surface area (Å²) in [7, 11) is -3.38. The fourth-order valence-electron chi connectivity index (χ4n) is 3.98. The molecule has 0 bridgehead atoms. The van der Waals surface area contributed by atoms with Gasteiger partial charge in [0.2, 0.25) is 15.9 Å². The van der Waals surface area contributed by atoms with Crippen LogP contribution >= 0.6 is 0 Å². The number of ether oxygens (including phenoxy) is 1. The fourth-order valence-corrected chi connectivity index (χ4v) is 5.00. The molecule has 7 nitrogen and oxygen atoms in total. The Bertz CT molecular complexity index is 831. The second-order valence-electron chi connectivity index (χ2n) is 9.49. The van der Waals surface area contributed by atoms with Crippen molar-refractivity contribution in [2.75, 3.05) is 18.5 Å². The summed E-state index contributed by atoms with van der Waals surface area (Å²) in [4.78, 5) is 12.7. The van der Waals surface area contributed by atoms with Gasteiger partial charge < -0.3 is 15.2 Å². The van der Waals surface area contributed by atoms with Gasteiger partial charge >= 0.3 is 0 Å². The molecule has 1 aromatic rings. The molecule has 0 unspecified atom stereocenters. The number of amides is 1. The van der Waals surface area contributed by atoms with Crippen LogP contribution in [-0.4, -0.2) is 43.4 Å². The van der Waals surface area contributed by atoms with Crippen LogP contribution in [-0.2, 0) is 25.2 Å². The summed E-state index contributed by atoms with van der Waals surface area (Å²) in [6.45, 7) is 6.13. The van der Waals surface area contributed by atoms with Gasteiger partial charge in [0.05, 0.1) is 10.3 Å². The van der Waals surface area contributed by atoms with Crippen molar-refractivity contribution < 1.29 is 23.1 Å². The molecule has 0 atom stereocenters. The maximum absolute atomic E-state index is 12.7. The monoisotopic (exact) mass is 438 g/mol. The normalized spacial score (nSPS) is 24.9. The highest BCUT2D eigenvalue weighted by atomic mass is 32.2. The Labute approximate surface area is 179 Å². The molecular formula is C22H34N2O5S. The van der Waals surface area contributed by atoms with E-state index in [-0.39, 0.29) is 17.9 Å². The predicted octanol–water partition coefficient (Wildman–Crippen LogP) is 2.90. The minimum atomic E-state index is -3.38. The Kier molecular flexibility index (Phi) is 6.91. The van der Waals surface area contributed by atoms with Crippen molar-refractivity contribution in [3.8, 4) is 0 Å². The number of carbonyl (C=O) groups excluding carboxylic acids is 1. The maximum atomic E-state index is 12.7. The second-order valence-corrected chi connectivity index (χ2v) is 12.0. The molecule has 1 saturated carbocycles. The maximum Gasteiger partial charge on any atom is 0.227 e. The van der Waals surface area contributed by atoms with Crippen LogP contribution < -0.4 is 10.0 Å². The number of aliphatic hydroxyl groups is 1. The summed E-state index contributed by atoms with van der Waals surface area (Å²) in [6.07, 6.45) is 3.76. The van der Waals surface area contributed by atoms with E-state index in [1.54, 1.807) is 20.8 Å². The summed E-state index contributed by atoms with van der Waals surface area (Å²) in [5.41, 5.74) is 0.685. The minimum Gasteiger partial charge on any atom is -0.385 e. The largest absolute Gasteiger partial charge is 0.385 e. The SMILES string of the molecule is CC(C)(C)S(=O)(=O)NC1CCC(C(=O)Nc2ccc(C3(O)CCOCC3)cc2)CC1. The van der Waals surface area contributed by atoms with Gasteiger partial charge in [-0.25, -0.2) is 13.1 Å². The first-order valence-electron chi connectivity index (χ1n) is 10.7. The molecule has 0 spiro atoms. The highest BCUT2D eigenvalue weighted by Gasteiger charge is 2.34. The number of hydrogen-bond acceptors (Lipinski definition) is 5. The third kappa shape index (κ3) is 5.41. The lowest BCUT2D eigenvalue weighted by molar-refractivity contribution is -0.120. The van der Waals surface area contributed by atoms with Crippen molar-refractivity contribution in [2.24, 2.45) is 5.92 Å². The molecule has 1 aromatic carbocycles. The van der Waals surface area contributed by atoms with E-state index in [2.05, 4.69) is 10.0 Å². The Morgan fingerprint density at radius 3 is 2.17 bits per heavy atom. The standard InChI is InChI=1S/C22H34N2O5S/c1-21(2,3)30(27,28)24-19-8-4-16(5-9-19)20(25)23-18-10-6-17(7-11-18)22(26)12-14-29-15-13-22/h6-7,10-11,16,19,24,26H,4-5,8-9,12-15H2,1-3H3,(H,23,25). The van der Waals surface area contributed by atoms with Crippen molar-refractivity contribution in [3.05, 3.63) is 29.8 Å². The first-order valence-corrected chi connectivity index (χ1v) is 12.2. The van der Waals surface area contributed by atoms with Crippen LogP contribution in [0.2, 0.25) is 0 Å². The molecule has 1 aliphatic carbocycles. The third-order valence-electron chi connectivity index (χ3n) is 6.24. The average Bonchev–Trinajstić information content (AvgIpc) is 2.68. The number of hydrogen-bond donors (Lipinski definition) is 3. The van der Waals surface area contributed by atoms with E-state index in [4.69, 9.17) is 4.74 Å². The molecule has 1 saturated heterocycles. The van der Waals surface area contributed by atoms with E-state index in [1.807, 2.05) is 24.3 Å². The lowest BCUT2D eigenvalue weighted by Crippen LogP contribution is -2.46. The zero-order valence-corrected chi connectivity index (χ0v) is 18.9. The van der Waals surface area contributed by atoms with E-state index in [0.717, 1.165) is 5.56 Å². The molecule has 0 aromatic heterocycles. The molecule has 2 fully saturated rings. The van der Waals surface area contributed by atoms with Crippen LogP contribution in [0, 0.1) is 5.92 Å². The Morgan fingerprint density at radius 2 is 1.63 bits per heavy atom. The van der Waals surface area contributed by atoms with Gasteiger partial charge in [-0.2, -0.15) is 0 Å². The molecule has 1 amide bonds. The van der Waals surface area contributed by atoms with Crippen LogP contribution in [0.25, 0.3) is 0 Å². The number of carbonyl (C=O) groups is 1. The van der Waals surface area contributed by atoms with Crippen molar-refractivity contribution in [3.63, 3.8) is 0 Å². The number of sulfonamides is 1. The molecule has 0 radical (unpaired) electrons. The van der Waals surface area contributed by atoms with Crippen LogP contribution in [0.3, 0.4) is 0 Å². The third-order valence-corrected chi connectivity index (χ3v) is 8.49. The molecule has 8 heteroatoms. The highest BCUT2D eigenvalue weighted by molar-refractivity contribution is 7.90. The fraction of sp³-hybridized carbons (Fsp3) is 0.682. The van der Waals surface area contributed by atoms with Gasteiger partial charge in [-0.05, 0) is 64.2 Å². The van der Waals surface area contributed by atoms with E-state index < -0.39 is 20.4 Å². The van der Waals surface area contributed by atoms with Gasteiger partial charge in [-0.1, -0.05) is 12.1 Å². The lowest BCUT2D eigenvalue weighted by atomic mass is 9.85. The molecule has 30 heavy (non-hydrogen) atoms. The summed E-state index contributed by atoms with van der Waals surface area (Å²) < 4.78 is 31.9. The number of anilines is 1. The van der Waals surface area contributed by atoms with Gasteiger partial charge in [-0.15, -0.1) is 0 Å². The lowest BCUT2D eigenvalue weighted by Gasteiger charge is -2.32. The van der Waals surface area contributed by atoms with Gasteiger partial charge in [0.25, 0.3) is 0 Å². The van der Waals surface area contributed by atoms with Crippen LogP contribution in [0.1, 0.15) is 64.9 Å². The van der Waals surface area contributed by atoms with E-state index in [1.165, 1.54) is 0 Å². The van der Waals surface area contributed by atoms with Crippen molar-refractivity contribution in [1.29, 1.82) is 0 Å². The van der Waals surface area contributed by atoms with Crippen LogP contribution in [0.5, 0.6) is 0 Å². The van der Waals surface area contributed by atoms with Crippen molar-refractivity contribution in [1.82, 2.24) is 4.72 Å². The number of benzene rings is 1. The molecule has 1 heterocycles. The van der Waals surface area contributed by atoms with Gasteiger partial charge in [0.15, 0.2) is 0 Å². The summed E-state index contributed by atoms with van der Waals surface area (Å²) in [6, 6.07) is 7.25. The van der Waals surface area contributed by atoms with Gasteiger partial charge in [-0.3, -0.25) is 4.79 Å². The second kappa shape index (κ2) is 8.94. The van der Waals surface area contributed by atoms with E-state index in [9.17, 15) is 18.3 Å². The Morgan fingerprint density at radius 1 is 1.07 bits per heavy atom. The first-order chi connectivity index (χ1) is 14.0. The highest BCUT2D eigenvalue weighted by Crippen LogP contribution is 2.33. The smallest absolute Gasteiger partial charge is 0.227 e. The minimum absolute atomic E-state index is 0.0374. The van der Waals surface area contributed by atoms with Crippen molar-refractivity contribution >= 4 is 21.6 Å². The zero-order chi connectivity index (χ0) is 22.0. The molecule has 3 rings (SSSR count). The van der Waals surface area contributed by atoms with E-state index in [0.29, 0.717) is 57.4 Å². The Balaban J connectivity index is 1.51. The van der Waals surface area contributed by atoms with Crippen molar-refractivity contribution in [2.45, 2.75) is 75.7 Å². The van der Waals surface area contributed by atoms with Crippen LogP contribution in [0.15, 0.2) is 24.3 Å². The average molecular weight is 439 g/mol. The molecular weight excluding hydrogens is 404 g/mol. The molecule has 3 N–H and O–H groups in total. The molecule has 1 aliphatic heterocycles. The summed E-state index contributed by atoms with van der Waals surface area (Å²) >= 11 is 0. The van der Waals surface area contributed by atoms with E-state index >= 15 is 0 Å². The number of rotatable bonds is 5. The van der Waals surface area contributed by atoms with Crippen LogP contribution in [0.4, 0.5) is 5.69 Å². The molecule has 2 aliphatic rings. The number of nitrogens with one attached hydrogen (secondary N) is 2. The topological polar surface area (TPSA) is 105 Å². The first kappa shape index (κ1) is 23.2. The zero-order valence-electron chi connectivity index (χ0n) is 18.1. The molecule has 168 valence electrons. The summed E-state index contributed by atoms with van der Waals surface area (Å²) in [5.74, 6) is -0.163. The predicted molar refractivity (Wildman–Crippen MR) is 117 cm³/mol. The Hall–Kier alpha value is -1.48.